The number of nitrogens with two attached hydrogens (primary N) is 1. The number of nitrogens with one attached hydrogen (secondary N) is 1. The summed E-state index contributed by atoms with van der Waals surface area (Å²) >= 11 is 0. The van der Waals surface area contributed by atoms with E-state index in [0.29, 0.717) is 0 Å². The van der Waals surface area contributed by atoms with Crippen molar-refractivity contribution >= 4 is 0 Å². The van der Waals surface area contributed by atoms with Gasteiger partial charge in [0.05, 0.1) is 5.60 Å². The highest BCUT2D eigenvalue weighted by Crippen LogP contribution is 2.47. The summed E-state index contributed by atoms with van der Waals surface area (Å²) in [5.74, 6) is 0. The maximum absolute atomic E-state index is 11.1. The quantitative estimate of drug-likeness (QED) is 0.656. The van der Waals surface area contributed by atoms with Gasteiger partial charge in [0.15, 0.2) is 0 Å². The van der Waals surface area contributed by atoms with Crippen molar-refractivity contribution in [1.29, 1.82) is 0 Å². The maximum Gasteiger partial charge on any atom is 0.0860 e. The number of hydrogen-bond acceptors (Lipinski definition) is 3. The second-order valence-electron chi connectivity index (χ2n) is 7.64. The molecule has 1 aliphatic heterocycles. The van der Waals surface area contributed by atoms with E-state index in [-0.39, 0.29) is 16.6 Å². The lowest BCUT2D eigenvalue weighted by Gasteiger charge is -2.56. The number of rotatable bonds is 1. The lowest BCUT2D eigenvalue weighted by Crippen LogP contribution is -2.71. The summed E-state index contributed by atoms with van der Waals surface area (Å²) in [7, 11) is 0. The standard InChI is InChI=1S/C14H28N2O/c1-11(2)9-14(17,10-12(3,4)16-11)13(15)7-5-6-8-13/h16-17H,5-10,15H2,1-4H3. The molecule has 0 bridgehead atoms. The lowest BCUT2D eigenvalue weighted by atomic mass is 9.64. The minimum Gasteiger partial charge on any atom is -0.388 e. The number of aliphatic hydroxyl groups is 1. The van der Waals surface area contributed by atoms with Gasteiger partial charge in [-0.25, -0.2) is 0 Å². The Balaban J connectivity index is 2.30. The molecule has 0 aromatic heterocycles. The van der Waals surface area contributed by atoms with Gasteiger partial charge in [0, 0.05) is 16.6 Å². The molecule has 100 valence electrons. The van der Waals surface area contributed by atoms with Crippen molar-refractivity contribution in [2.45, 2.75) is 88.4 Å². The van der Waals surface area contributed by atoms with Crippen LogP contribution in [0.3, 0.4) is 0 Å². The molecule has 17 heavy (non-hydrogen) atoms. The van der Waals surface area contributed by atoms with E-state index in [0.717, 1.165) is 38.5 Å². The Morgan fingerprint density at radius 1 is 0.941 bits per heavy atom. The van der Waals surface area contributed by atoms with Gasteiger partial charge in [-0.2, -0.15) is 0 Å². The van der Waals surface area contributed by atoms with Crippen LogP contribution in [0.15, 0.2) is 0 Å². The molecule has 0 atom stereocenters. The van der Waals surface area contributed by atoms with Crippen molar-refractivity contribution in [3.63, 3.8) is 0 Å². The van der Waals surface area contributed by atoms with Crippen LogP contribution in [0.5, 0.6) is 0 Å². The molecular weight excluding hydrogens is 212 g/mol. The highest BCUT2D eigenvalue weighted by Gasteiger charge is 2.56. The van der Waals surface area contributed by atoms with Gasteiger partial charge >= 0.3 is 0 Å². The molecular formula is C14H28N2O. The zero-order valence-electron chi connectivity index (χ0n) is 11.8. The van der Waals surface area contributed by atoms with Crippen molar-refractivity contribution in [2.75, 3.05) is 0 Å². The van der Waals surface area contributed by atoms with Crippen LogP contribution < -0.4 is 11.1 Å². The highest BCUT2D eigenvalue weighted by molar-refractivity contribution is 5.15. The molecule has 1 saturated heterocycles. The van der Waals surface area contributed by atoms with Crippen LogP contribution in [-0.2, 0) is 0 Å². The van der Waals surface area contributed by atoms with E-state index in [1.54, 1.807) is 0 Å². The average molecular weight is 240 g/mol. The third-order valence-electron chi connectivity index (χ3n) is 4.57. The van der Waals surface area contributed by atoms with Gasteiger partial charge in [0.1, 0.15) is 0 Å². The molecule has 4 N–H and O–H groups in total. The Morgan fingerprint density at radius 3 is 1.76 bits per heavy atom. The monoisotopic (exact) mass is 240 g/mol. The first-order valence-electron chi connectivity index (χ1n) is 6.88. The van der Waals surface area contributed by atoms with E-state index in [1.807, 2.05) is 0 Å². The summed E-state index contributed by atoms with van der Waals surface area (Å²) in [6.07, 6.45) is 5.76. The number of hydrogen-bond donors (Lipinski definition) is 3. The van der Waals surface area contributed by atoms with Crippen molar-refractivity contribution < 1.29 is 5.11 Å². The summed E-state index contributed by atoms with van der Waals surface area (Å²) in [6.45, 7) is 8.66. The van der Waals surface area contributed by atoms with E-state index >= 15 is 0 Å². The minimum atomic E-state index is -0.720. The first-order valence-corrected chi connectivity index (χ1v) is 6.88. The summed E-state index contributed by atoms with van der Waals surface area (Å²) < 4.78 is 0. The fourth-order valence-electron chi connectivity index (χ4n) is 4.35. The van der Waals surface area contributed by atoms with E-state index in [1.165, 1.54) is 0 Å². The van der Waals surface area contributed by atoms with Crippen LogP contribution in [-0.4, -0.2) is 27.3 Å². The summed E-state index contributed by atoms with van der Waals surface area (Å²) in [5.41, 5.74) is 5.34. The first kappa shape index (κ1) is 13.3. The largest absolute Gasteiger partial charge is 0.388 e. The molecule has 1 aliphatic carbocycles. The van der Waals surface area contributed by atoms with Crippen LogP contribution in [0.1, 0.15) is 66.2 Å². The minimum absolute atomic E-state index is 0.0501. The van der Waals surface area contributed by atoms with Crippen molar-refractivity contribution in [3.05, 3.63) is 0 Å². The van der Waals surface area contributed by atoms with Crippen molar-refractivity contribution in [1.82, 2.24) is 5.32 Å². The van der Waals surface area contributed by atoms with E-state index in [9.17, 15) is 5.11 Å². The van der Waals surface area contributed by atoms with Gasteiger partial charge < -0.3 is 16.2 Å². The fourth-order valence-corrected chi connectivity index (χ4v) is 4.35. The Morgan fingerprint density at radius 2 is 1.35 bits per heavy atom. The Bertz CT molecular complexity index is 287. The SMILES string of the molecule is CC1(C)CC(O)(C2(N)CCCC2)CC(C)(C)N1. The van der Waals surface area contributed by atoms with E-state index in [2.05, 4.69) is 33.0 Å². The van der Waals surface area contributed by atoms with Gasteiger partial charge in [0.25, 0.3) is 0 Å². The Kier molecular flexibility index (Phi) is 2.89. The topological polar surface area (TPSA) is 58.3 Å². The Hall–Kier alpha value is -0.120. The lowest BCUT2D eigenvalue weighted by molar-refractivity contribution is -0.107. The van der Waals surface area contributed by atoms with Crippen molar-refractivity contribution in [3.8, 4) is 0 Å². The molecule has 1 heterocycles. The second-order valence-corrected chi connectivity index (χ2v) is 7.64. The molecule has 2 fully saturated rings. The van der Waals surface area contributed by atoms with Gasteiger partial charge in [-0.3, -0.25) is 0 Å². The van der Waals surface area contributed by atoms with Crippen molar-refractivity contribution in [2.24, 2.45) is 5.73 Å². The van der Waals surface area contributed by atoms with Crippen LogP contribution in [0.4, 0.5) is 0 Å². The molecule has 0 spiro atoms. The highest BCUT2D eigenvalue weighted by atomic mass is 16.3. The zero-order chi connectivity index (χ0) is 12.9. The molecule has 3 nitrogen and oxygen atoms in total. The summed E-state index contributed by atoms with van der Waals surface area (Å²) in [5, 5.41) is 14.7. The predicted octanol–water partition coefficient (Wildman–Crippen LogP) is 1.93. The van der Waals surface area contributed by atoms with Gasteiger partial charge in [-0.05, 0) is 53.4 Å². The zero-order valence-corrected chi connectivity index (χ0v) is 11.8. The Labute approximate surface area is 105 Å². The normalized spacial score (nSPS) is 33.5. The molecule has 0 radical (unpaired) electrons. The predicted molar refractivity (Wildman–Crippen MR) is 70.9 cm³/mol. The fraction of sp³-hybridized carbons (Fsp3) is 1.00. The van der Waals surface area contributed by atoms with Gasteiger partial charge in [0.2, 0.25) is 0 Å². The number of piperidine rings is 1. The second kappa shape index (κ2) is 3.69. The molecule has 3 heteroatoms. The van der Waals surface area contributed by atoms with Gasteiger partial charge in [-0.1, -0.05) is 12.8 Å². The van der Waals surface area contributed by atoms with Crippen LogP contribution in [0.25, 0.3) is 0 Å². The smallest absolute Gasteiger partial charge is 0.0860 e. The van der Waals surface area contributed by atoms with E-state index in [4.69, 9.17) is 5.73 Å². The summed E-state index contributed by atoms with van der Waals surface area (Å²) in [4.78, 5) is 0. The van der Waals surface area contributed by atoms with Crippen LogP contribution in [0.2, 0.25) is 0 Å². The molecule has 0 unspecified atom stereocenters. The first-order chi connectivity index (χ1) is 7.58. The third-order valence-corrected chi connectivity index (χ3v) is 4.57. The molecule has 0 aromatic rings. The molecule has 0 amide bonds. The average Bonchev–Trinajstić information content (AvgIpc) is 2.46. The molecule has 0 aromatic carbocycles. The van der Waals surface area contributed by atoms with Crippen LogP contribution in [0, 0.1) is 0 Å². The molecule has 1 saturated carbocycles. The molecule has 2 rings (SSSR count). The summed E-state index contributed by atoms with van der Waals surface area (Å²) in [6, 6.07) is 0. The maximum atomic E-state index is 11.1. The molecule has 2 aliphatic rings. The van der Waals surface area contributed by atoms with Gasteiger partial charge in [-0.15, -0.1) is 0 Å². The third kappa shape index (κ3) is 2.38. The van der Waals surface area contributed by atoms with E-state index < -0.39 is 5.60 Å². The van der Waals surface area contributed by atoms with Crippen LogP contribution >= 0.6 is 0 Å².